The van der Waals surface area contributed by atoms with Gasteiger partial charge in [-0.2, -0.15) is 0 Å². The van der Waals surface area contributed by atoms with E-state index < -0.39 is 11.9 Å². The Morgan fingerprint density at radius 2 is 1.81 bits per heavy atom. The van der Waals surface area contributed by atoms with Gasteiger partial charge in [-0.15, -0.1) is 0 Å². The van der Waals surface area contributed by atoms with E-state index in [-0.39, 0.29) is 24.3 Å². The highest BCUT2D eigenvalue weighted by molar-refractivity contribution is 6.31. The minimum atomic E-state index is -0.605. The summed E-state index contributed by atoms with van der Waals surface area (Å²) in [6.07, 6.45) is 5.20. The van der Waals surface area contributed by atoms with Crippen LogP contribution in [-0.2, 0) is 16.1 Å². The summed E-state index contributed by atoms with van der Waals surface area (Å²) in [5, 5.41) is 3.22. The third kappa shape index (κ3) is 4.64. The van der Waals surface area contributed by atoms with Gasteiger partial charge in [0.15, 0.2) is 0 Å². The van der Waals surface area contributed by atoms with Gasteiger partial charge in [-0.05, 0) is 73.6 Å². The Morgan fingerprint density at radius 3 is 2.59 bits per heavy atom. The van der Waals surface area contributed by atoms with E-state index in [2.05, 4.69) is 29.3 Å². The molecule has 4 aliphatic rings. The number of rotatable bonds is 5. The first-order chi connectivity index (χ1) is 17.9. The Bertz CT molecular complexity index is 1260. The van der Waals surface area contributed by atoms with Crippen LogP contribution >= 0.6 is 11.6 Å². The van der Waals surface area contributed by atoms with Crippen LogP contribution in [0.3, 0.4) is 0 Å². The fourth-order valence-corrected chi connectivity index (χ4v) is 6.76. The molecule has 2 saturated heterocycles. The molecule has 0 unspecified atom stereocenters. The molecule has 7 nitrogen and oxygen atoms in total. The van der Waals surface area contributed by atoms with E-state index in [0.29, 0.717) is 30.5 Å². The van der Waals surface area contributed by atoms with E-state index in [1.165, 1.54) is 17.5 Å². The van der Waals surface area contributed by atoms with Gasteiger partial charge >= 0.3 is 0 Å². The topological polar surface area (TPSA) is 79.0 Å². The SMILES string of the molecule is Cc1ccc(C2CN([C@@H]3CCCC[C@H]3Oc3ccc4c(c3)CN([C@@H]3CCC(=O)NC3=O)C4=O)C2)c(Cl)c1. The zero-order chi connectivity index (χ0) is 25.7. The minimum Gasteiger partial charge on any atom is -0.489 e. The monoisotopic (exact) mass is 521 g/mol. The molecule has 8 heteroatoms. The number of likely N-dealkylation sites (tertiary alicyclic amines) is 1. The van der Waals surface area contributed by atoms with Crippen LogP contribution in [-0.4, -0.2) is 58.8 Å². The quantitative estimate of drug-likeness (QED) is 0.597. The summed E-state index contributed by atoms with van der Waals surface area (Å²) in [7, 11) is 0. The van der Waals surface area contributed by atoms with Gasteiger partial charge in [0.2, 0.25) is 11.8 Å². The molecular formula is C29H32ClN3O4. The molecule has 1 N–H and O–H groups in total. The van der Waals surface area contributed by atoms with Crippen molar-refractivity contribution >= 4 is 29.3 Å². The summed E-state index contributed by atoms with van der Waals surface area (Å²) in [6.45, 7) is 4.41. The van der Waals surface area contributed by atoms with Crippen LogP contribution < -0.4 is 10.1 Å². The number of benzene rings is 2. The molecule has 0 bridgehead atoms. The number of imide groups is 1. The Kier molecular flexibility index (Phi) is 6.45. The van der Waals surface area contributed by atoms with Gasteiger partial charge in [0, 0.05) is 48.6 Å². The highest BCUT2D eigenvalue weighted by Crippen LogP contribution is 2.38. The van der Waals surface area contributed by atoms with Crippen molar-refractivity contribution in [3.05, 3.63) is 63.7 Å². The maximum Gasteiger partial charge on any atom is 0.255 e. The van der Waals surface area contributed by atoms with Gasteiger partial charge in [0.05, 0.1) is 0 Å². The Morgan fingerprint density at radius 1 is 1.00 bits per heavy atom. The van der Waals surface area contributed by atoms with Gasteiger partial charge in [0.25, 0.3) is 5.91 Å². The number of carbonyl (C=O) groups excluding carboxylic acids is 3. The van der Waals surface area contributed by atoms with Gasteiger partial charge in [-0.3, -0.25) is 24.6 Å². The lowest BCUT2D eigenvalue weighted by atomic mass is 9.84. The summed E-state index contributed by atoms with van der Waals surface area (Å²) in [6, 6.07) is 11.8. The maximum atomic E-state index is 13.0. The molecule has 37 heavy (non-hydrogen) atoms. The number of ether oxygens (including phenoxy) is 1. The molecular weight excluding hydrogens is 490 g/mol. The predicted molar refractivity (Wildman–Crippen MR) is 140 cm³/mol. The van der Waals surface area contributed by atoms with Crippen molar-refractivity contribution in [2.75, 3.05) is 13.1 Å². The fourth-order valence-electron chi connectivity index (χ4n) is 6.37. The molecule has 1 saturated carbocycles. The third-order valence-electron chi connectivity index (χ3n) is 8.42. The summed E-state index contributed by atoms with van der Waals surface area (Å²) in [5.41, 5.74) is 3.90. The first-order valence-electron chi connectivity index (χ1n) is 13.3. The first kappa shape index (κ1) is 24.4. The highest BCUT2D eigenvalue weighted by atomic mass is 35.5. The average molecular weight is 522 g/mol. The van der Waals surface area contributed by atoms with E-state index in [0.717, 1.165) is 48.7 Å². The summed E-state index contributed by atoms with van der Waals surface area (Å²) >= 11 is 6.53. The van der Waals surface area contributed by atoms with Crippen LogP contribution in [0.4, 0.5) is 0 Å². The van der Waals surface area contributed by atoms with E-state index in [1.807, 2.05) is 24.3 Å². The van der Waals surface area contributed by atoms with Crippen molar-refractivity contribution < 1.29 is 19.1 Å². The second-order valence-corrected chi connectivity index (χ2v) is 11.3. The molecule has 3 amide bonds. The van der Waals surface area contributed by atoms with Crippen LogP contribution in [0.5, 0.6) is 5.75 Å². The van der Waals surface area contributed by atoms with Crippen LogP contribution in [0.2, 0.25) is 5.02 Å². The van der Waals surface area contributed by atoms with E-state index >= 15 is 0 Å². The largest absolute Gasteiger partial charge is 0.489 e. The number of carbonyl (C=O) groups is 3. The number of amides is 3. The number of fused-ring (bicyclic) bond motifs is 1. The van der Waals surface area contributed by atoms with Gasteiger partial charge in [0.1, 0.15) is 17.9 Å². The number of halogens is 1. The van der Waals surface area contributed by atoms with Gasteiger partial charge in [-0.25, -0.2) is 0 Å². The molecule has 3 aliphatic heterocycles. The van der Waals surface area contributed by atoms with Crippen molar-refractivity contribution in [3.63, 3.8) is 0 Å². The molecule has 1 aliphatic carbocycles. The van der Waals surface area contributed by atoms with Crippen LogP contribution in [0, 0.1) is 6.92 Å². The number of hydrogen-bond acceptors (Lipinski definition) is 5. The van der Waals surface area contributed by atoms with Gasteiger partial charge in [-0.1, -0.05) is 30.2 Å². The molecule has 194 valence electrons. The Balaban J connectivity index is 1.12. The molecule has 3 atom stereocenters. The van der Waals surface area contributed by atoms with Crippen LogP contribution in [0.15, 0.2) is 36.4 Å². The highest BCUT2D eigenvalue weighted by Gasteiger charge is 2.41. The first-order valence-corrected chi connectivity index (χ1v) is 13.7. The van der Waals surface area contributed by atoms with E-state index in [4.69, 9.17) is 16.3 Å². The molecule has 0 radical (unpaired) electrons. The number of hydrogen-bond donors (Lipinski definition) is 1. The van der Waals surface area contributed by atoms with E-state index in [1.54, 1.807) is 4.90 Å². The van der Waals surface area contributed by atoms with Crippen molar-refractivity contribution in [1.82, 2.24) is 15.1 Å². The van der Waals surface area contributed by atoms with E-state index in [9.17, 15) is 14.4 Å². The number of nitrogens with zero attached hydrogens (tertiary/aromatic N) is 2. The van der Waals surface area contributed by atoms with Crippen molar-refractivity contribution in [2.45, 2.75) is 76.1 Å². The predicted octanol–water partition coefficient (Wildman–Crippen LogP) is 4.20. The Labute approximate surface area is 222 Å². The summed E-state index contributed by atoms with van der Waals surface area (Å²) < 4.78 is 6.56. The molecule has 0 spiro atoms. The van der Waals surface area contributed by atoms with Crippen LogP contribution in [0.1, 0.15) is 71.5 Å². The lowest BCUT2D eigenvalue weighted by Gasteiger charge is -2.48. The number of aryl methyl sites for hydroxylation is 1. The molecule has 3 fully saturated rings. The van der Waals surface area contributed by atoms with Crippen molar-refractivity contribution in [2.24, 2.45) is 0 Å². The number of nitrogens with one attached hydrogen (secondary N) is 1. The summed E-state index contributed by atoms with van der Waals surface area (Å²) in [5.74, 6) is 0.400. The fraction of sp³-hybridized carbons (Fsp3) is 0.483. The van der Waals surface area contributed by atoms with Crippen molar-refractivity contribution in [3.8, 4) is 5.75 Å². The normalized spacial score (nSPS) is 26.6. The molecule has 6 rings (SSSR count). The lowest BCUT2D eigenvalue weighted by Crippen LogP contribution is -2.57. The standard InChI is InChI=1S/C29H32ClN3O4/c1-17-6-8-21(23(30)12-17)19-14-32(15-19)24-4-2-3-5-26(24)37-20-7-9-22-18(13-20)16-33(29(22)36)25-10-11-27(34)31-28(25)35/h6-9,12-13,19,24-26H,2-5,10-11,14-16H2,1H3,(H,31,34,35)/t24-,25-,26-/m1/s1. The maximum absolute atomic E-state index is 13.0. The average Bonchev–Trinajstić information content (AvgIpc) is 3.16. The zero-order valence-corrected chi connectivity index (χ0v) is 21.8. The second kappa shape index (κ2) is 9.76. The Hall–Kier alpha value is -2.90. The van der Waals surface area contributed by atoms with Crippen LogP contribution in [0.25, 0.3) is 0 Å². The van der Waals surface area contributed by atoms with Crippen molar-refractivity contribution in [1.29, 1.82) is 0 Å². The molecule has 2 aromatic rings. The lowest BCUT2D eigenvalue weighted by molar-refractivity contribution is -0.136. The third-order valence-corrected chi connectivity index (χ3v) is 8.75. The minimum absolute atomic E-state index is 0.101. The summed E-state index contributed by atoms with van der Waals surface area (Å²) in [4.78, 5) is 41.0. The zero-order valence-electron chi connectivity index (χ0n) is 21.0. The number of piperidine rings is 1. The smallest absolute Gasteiger partial charge is 0.255 e. The molecule has 0 aromatic heterocycles. The molecule has 2 aromatic carbocycles. The molecule has 3 heterocycles. The second-order valence-electron chi connectivity index (χ2n) is 10.9. The van der Waals surface area contributed by atoms with Gasteiger partial charge < -0.3 is 9.64 Å².